The fraction of sp³-hybridized carbons (Fsp3) is 0.548. The molecule has 0 radical (unpaired) electrons. The molecule has 2 aliphatic rings. The van der Waals surface area contributed by atoms with Crippen LogP contribution in [0.1, 0.15) is 64.4 Å². The zero-order chi connectivity index (χ0) is 32.1. The Hall–Kier alpha value is -4.26. The standard InChI is InChI=1S/C31H44N6O7/c1-21(2)28(35-25(38)9-4-3-5-19-37-26(39)14-15-27(37)40)30(42)34-24(8-6-16-32)29(41)33-23-12-10-22(11-13-23)20-44-31(43)36-17-7-18-36/h10-15,21,24,28H,3-9,16-20,32H2,1-2H3,(H,33,41)(H,34,42)(H,35,38)/t24-,28-/m0/s1. The monoisotopic (exact) mass is 612 g/mol. The lowest BCUT2D eigenvalue weighted by atomic mass is 10.0. The molecule has 1 aromatic rings. The number of rotatable bonds is 17. The molecule has 13 nitrogen and oxygen atoms in total. The maximum atomic E-state index is 13.2. The van der Waals surface area contributed by atoms with Gasteiger partial charge in [-0.05, 0) is 62.3 Å². The van der Waals surface area contributed by atoms with Crippen molar-refractivity contribution in [2.75, 3.05) is 31.5 Å². The van der Waals surface area contributed by atoms with Crippen molar-refractivity contribution in [3.63, 3.8) is 0 Å². The minimum atomic E-state index is -0.869. The topological polar surface area (TPSA) is 180 Å². The van der Waals surface area contributed by atoms with Crippen molar-refractivity contribution in [2.45, 2.75) is 77.5 Å². The maximum Gasteiger partial charge on any atom is 0.410 e. The zero-order valence-electron chi connectivity index (χ0n) is 25.5. The Morgan fingerprint density at radius 1 is 0.909 bits per heavy atom. The molecule has 0 bridgehead atoms. The zero-order valence-corrected chi connectivity index (χ0v) is 25.5. The highest BCUT2D eigenvalue weighted by Crippen LogP contribution is 2.15. The first-order chi connectivity index (χ1) is 21.1. The predicted molar refractivity (Wildman–Crippen MR) is 163 cm³/mol. The second-order valence-electron chi connectivity index (χ2n) is 11.3. The van der Waals surface area contributed by atoms with Crippen LogP contribution in [0.3, 0.4) is 0 Å². The molecular weight excluding hydrogens is 568 g/mol. The van der Waals surface area contributed by atoms with Gasteiger partial charge in [-0.15, -0.1) is 0 Å². The average Bonchev–Trinajstić information content (AvgIpc) is 3.28. The number of nitrogens with one attached hydrogen (secondary N) is 3. The number of nitrogens with zero attached hydrogens (tertiary/aromatic N) is 2. The number of amides is 6. The Kier molecular flexibility index (Phi) is 13.3. The molecule has 0 aromatic heterocycles. The summed E-state index contributed by atoms with van der Waals surface area (Å²) in [6.07, 6.45) is 5.87. The van der Waals surface area contributed by atoms with Gasteiger partial charge < -0.3 is 31.3 Å². The van der Waals surface area contributed by atoms with Crippen molar-refractivity contribution in [1.29, 1.82) is 0 Å². The van der Waals surface area contributed by atoms with Gasteiger partial charge in [0.15, 0.2) is 0 Å². The van der Waals surface area contributed by atoms with E-state index in [1.54, 1.807) is 43.0 Å². The highest BCUT2D eigenvalue weighted by molar-refractivity contribution is 6.12. The smallest absolute Gasteiger partial charge is 0.410 e. The SMILES string of the molecule is CC(C)[C@H](NC(=O)CCCCCN1C(=O)C=CC1=O)C(=O)N[C@@H](CCCN)C(=O)Nc1ccc(COC(=O)N2CCC2)cc1. The van der Waals surface area contributed by atoms with Crippen molar-refractivity contribution in [3.8, 4) is 0 Å². The van der Waals surface area contributed by atoms with Crippen molar-refractivity contribution in [3.05, 3.63) is 42.0 Å². The van der Waals surface area contributed by atoms with Crippen LogP contribution in [0.2, 0.25) is 0 Å². The van der Waals surface area contributed by atoms with Crippen LogP contribution in [-0.4, -0.2) is 83.7 Å². The Labute approximate surface area is 257 Å². The number of hydrogen-bond donors (Lipinski definition) is 4. The van der Waals surface area contributed by atoms with Gasteiger partial charge in [0.2, 0.25) is 17.7 Å². The molecule has 1 aromatic carbocycles. The summed E-state index contributed by atoms with van der Waals surface area (Å²) in [7, 11) is 0. The van der Waals surface area contributed by atoms with E-state index in [2.05, 4.69) is 16.0 Å². The van der Waals surface area contributed by atoms with Crippen LogP contribution >= 0.6 is 0 Å². The Balaban J connectivity index is 1.46. The lowest BCUT2D eigenvalue weighted by Crippen LogP contribution is -2.54. The van der Waals surface area contributed by atoms with Gasteiger partial charge in [0.05, 0.1) is 0 Å². The molecule has 1 saturated heterocycles. The molecule has 13 heteroatoms. The van der Waals surface area contributed by atoms with Gasteiger partial charge in [-0.2, -0.15) is 0 Å². The molecule has 6 amide bonds. The number of hydrogen-bond acceptors (Lipinski definition) is 8. The summed E-state index contributed by atoms with van der Waals surface area (Å²) >= 11 is 0. The van der Waals surface area contributed by atoms with Gasteiger partial charge in [-0.1, -0.05) is 32.4 Å². The van der Waals surface area contributed by atoms with Crippen molar-refractivity contribution in [1.82, 2.24) is 20.4 Å². The highest BCUT2D eigenvalue weighted by Gasteiger charge is 2.29. The van der Waals surface area contributed by atoms with Crippen LogP contribution in [0, 0.1) is 5.92 Å². The van der Waals surface area contributed by atoms with Crippen LogP contribution < -0.4 is 21.7 Å². The number of imide groups is 1. The number of benzene rings is 1. The second-order valence-corrected chi connectivity index (χ2v) is 11.3. The summed E-state index contributed by atoms with van der Waals surface area (Å²) in [4.78, 5) is 76.9. The normalized spacial score (nSPS) is 15.5. The van der Waals surface area contributed by atoms with E-state index in [1.165, 1.54) is 17.1 Å². The molecule has 0 saturated carbocycles. The number of unbranched alkanes of at least 4 members (excludes halogenated alkanes) is 2. The van der Waals surface area contributed by atoms with Gasteiger partial charge in [0.25, 0.3) is 11.8 Å². The summed E-state index contributed by atoms with van der Waals surface area (Å²) in [6.45, 7) is 5.80. The van der Waals surface area contributed by atoms with Crippen LogP contribution in [0.5, 0.6) is 0 Å². The summed E-state index contributed by atoms with van der Waals surface area (Å²) in [5.74, 6) is -2.07. The molecule has 0 aliphatic carbocycles. The average molecular weight is 613 g/mol. The van der Waals surface area contributed by atoms with Crippen molar-refractivity contribution in [2.24, 2.45) is 11.7 Å². The Morgan fingerprint density at radius 3 is 2.18 bits per heavy atom. The van der Waals surface area contributed by atoms with Gasteiger partial charge in [0, 0.05) is 43.9 Å². The third-order valence-electron chi connectivity index (χ3n) is 7.48. The van der Waals surface area contributed by atoms with Crippen LogP contribution in [-0.2, 0) is 35.3 Å². The molecule has 2 aliphatic heterocycles. The molecule has 3 rings (SSSR count). The lowest BCUT2D eigenvalue weighted by Gasteiger charge is -2.29. The third kappa shape index (κ3) is 10.5. The molecule has 0 spiro atoms. The summed E-state index contributed by atoms with van der Waals surface area (Å²) < 4.78 is 5.29. The van der Waals surface area contributed by atoms with Crippen LogP contribution in [0.25, 0.3) is 0 Å². The maximum absolute atomic E-state index is 13.2. The van der Waals surface area contributed by atoms with Crippen LogP contribution in [0.4, 0.5) is 10.5 Å². The molecule has 2 heterocycles. The van der Waals surface area contributed by atoms with E-state index in [0.717, 1.165) is 12.0 Å². The van der Waals surface area contributed by atoms with Gasteiger partial charge >= 0.3 is 6.09 Å². The molecule has 0 unspecified atom stereocenters. The van der Waals surface area contributed by atoms with Crippen molar-refractivity contribution < 1.29 is 33.5 Å². The van der Waals surface area contributed by atoms with E-state index >= 15 is 0 Å². The Morgan fingerprint density at radius 2 is 1.59 bits per heavy atom. The molecular formula is C31H44N6O7. The minimum Gasteiger partial charge on any atom is -0.445 e. The van der Waals surface area contributed by atoms with E-state index < -0.39 is 23.9 Å². The number of likely N-dealkylation sites (tertiary alicyclic amines) is 1. The summed E-state index contributed by atoms with van der Waals surface area (Å²) in [6, 6.07) is 5.17. The number of carbonyl (C=O) groups excluding carboxylic acids is 6. The molecule has 5 N–H and O–H groups in total. The number of anilines is 1. The van der Waals surface area contributed by atoms with Gasteiger partial charge in [-0.3, -0.25) is 28.9 Å². The van der Waals surface area contributed by atoms with E-state index in [0.29, 0.717) is 64.0 Å². The van der Waals surface area contributed by atoms with E-state index in [-0.39, 0.29) is 42.8 Å². The first-order valence-corrected chi connectivity index (χ1v) is 15.2. The second kappa shape index (κ2) is 17.1. The lowest BCUT2D eigenvalue weighted by molar-refractivity contribution is -0.137. The van der Waals surface area contributed by atoms with Gasteiger partial charge in [0.1, 0.15) is 18.7 Å². The number of nitrogens with two attached hydrogens (primary N) is 1. The fourth-order valence-corrected chi connectivity index (χ4v) is 4.67. The molecule has 44 heavy (non-hydrogen) atoms. The molecule has 2 atom stereocenters. The Bertz CT molecular complexity index is 1190. The third-order valence-corrected chi connectivity index (χ3v) is 7.48. The van der Waals surface area contributed by atoms with E-state index in [1.807, 2.05) is 0 Å². The fourth-order valence-electron chi connectivity index (χ4n) is 4.67. The first kappa shape index (κ1) is 34.2. The van der Waals surface area contributed by atoms with Crippen molar-refractivity contribution >= 4 is 41.3 Å². The van der Waals surface area contributed by atoms with Gasteiger partial charge in [-0.25, -0.2) is 4.79 Å². The van der Waals surface area contributed by atoms with E-state index in [4.69, 9.17) is 10.5 Å². The minimum absolute atomic E-state index is 0.124. The molecule has 1 fully saturated rings. The predicted octanol–water partition coefficient (Wildman–Crippen LogP) is 1.82. The summed E-state index contributed by atoms with van der Waals surface area (Å²) in [5.41, 5.74) is 6.96. The van der Waals surface area contributed by atoms with E-state index in [9.17, 15) is 28.8 Å². The largest absolute Gasteiger partial charge is 0.445 e. The van der Waals surface area contributed by atoms with Crippen LogP contribution in [0.15, 0.2) is 36.4 Å². The summed E-state index contributed by atoms with van der Waals surface area (Å²) in [5, 5.41) is 8.37. The quantitative estimate of drug-likeness (QED) is 0.152. The number of carbonyl (C=O) groups is 6. The molecule has 240 valence electrons. The highest BCUT2D eigenvalue weighted by atomic mass is 16.6. The number of ether oxygens (including phenoxy) is 1. The first-order valence-electron chi connectivity index (χ1n) is 15.2.